The molecule has 3 fully saturated rings. The maximum Gasteiger partial charge on any atom is 0.190 e. The molecule has 6 heteroatoms. The van der Waals surface area contributed by atoms with Gasteiger partial charge in [0.25, 0.3) is 0 Å². The molecule has 3 heterocycles. The van der Waals surface area contributed by atoms with Crippen LogP contribution in [-0.4, -0.2) is 55.5 Å². The molecule has 0 amide bonds. The molecule has 128 valence electrons. The fourth-order valence-electron chi connectivity index (χ4n) is 3.23. The van der Waals surface area contributed by atoms with Crippen molar-refractivity contribution in [1.82, 2.24) is 0 Å². The molecule has 6 nitrogen and oxygen atoms in total. The van der Waals surface area contributed by atoms with Crippen molar-refractivity contribution in [3.05, 3.63) is 0 Å². The summed E-state index contributed by atoms with van der Waals surface area (Å²) in [4.78, 5) is 0. The average molecular weight is 316 g/mol. The van der Waals surface area contributed by atoms with Gasteiger partial charge in [-0.3, -0.25) is 0 Å². The van der Waals surface area contributed by atoms with Gasteiger partial charge in [0.2, 0.25) is 0 Å². The Morgan fingerprint density at radius 2 is 1.77 bits per heavy atom. The summed E-state index contributed by atoms with van der Waals surface area (Å²) < 4.78 is 35.6. The highest BCUT2D eigenvalue weighted by atomic mass is 16.8. The molecular weight excluding hydrogens is 288 g/mol. The van der Waals surface area contributed by atoms with E-state index < -0.39 is 17.9 Å². The van der Waals surface area contributed by atoms with Crippen LogP contribution in [0, 0.1) is 0 Å². The fraction of sp³-hybridized carbons (Fsp3) is 1.00. The lowest BCUT2D eigenvalue weighted by molar-refractivity contribution is -0.236. The van der Waals surface area contributed by atoms with E-state index in [2.05, 4.69) is 6.92 Å². The Hall–Kier alpha value is -0.240. The van der Waals surface area contributed by atoms with Gasteiger partial charge in [0.15, 0.2) is 17.9 Å². The Morgan fingerprint density at radius 3 is 2.41 bits per heavy atom. The van der Waals surface area contributed by atoms with Crippen LogP contribution in [0.15, 0.2) is 0 Å². The van der Waals surface area contributed by atoms with E-state index >= 15 is 0 Å². The van der Waals surface area contributed by atoms with Gasteiger partial charge in [-0.2, -0.15) is 0 Å². The molecule has 3 aliphatic rings. The zero-order valence-electron chi connectivity index (χ0n) is 14.2. The smallest absolute Gasteiger partial charge is 0.190 e. The van der Waals surface area contributed by atoms with E-state index in [1.807, 2.05) is 27.7 Å². The van der Waals surface area contributed by atoms with E-state index in [1.165, 1.54) is 0 Å². The standard InChI is InChI=1S/C16H28O6/c1-6-7-8-17-12-11(10-9-18-15(2,3)20-10)19-14-13(12)21-16(4,5)22-14/h10-14H,6-9H2,1-5H3/t10?,11?,12-,13+,14+/m0/s1. The molecule has 3 rings (SSSR count). The molecule has 0 N–H and O–H groups in total. The van der Waals surface area contributed by atoms with Gasteiger partial charge in [-0.15, -0.1) is 0 Å². The number of ether oxygens (including phenoxy) is 6. The molecule has 0 aromatic rings. The second-order valence-electron chi connectivity index (χ2n) is 7.13. The number of hydrogen-bond donors (Lipinski definition) is 0. The molecule has 0 bridgehead atoms. The molecule has 22 heavy (non-hydrogen) atoms. The lowest BCUT2D eigenvalue weighted by atomic mass is 10.1. The van der Waals surface area contributed by atoms with Crippen molar-refractivity contribution in [3.63, 3.8) is 0 Å². The molecule has 5 atom stereocenters. The van der Waals surface area contributed by atoms with Crippen LogP contribution in [0.2, 0.25) is 0 Å². The third-order valence-electron chi connectivity index (χ3n) is 4.23. The molecular formula is C16H28O6. The van der Waals surface area contributed by atoms with Crippen LogP contribution in [0.5, 0.6) is 0 Å². The molecule has 0 saturated carbocycles. The molecule has 3 aliphatic heterocycles. The van der Waals surface area contributed by atoms with E-state index in [4.69, 9.17) is 28.4 Å². The molecule has 0 spiro atoms. The van der Waals surface area contributed by atoms with Gasteiger partial charge in [0.1, 0.15) is 24.4 Å². The Kier molecular flexibility index (Phi) is 4.53. The van der Waals surface area contributed by atoms with Gasteiger partial charge < -0.3 is 28.4 Å². The van der Waals surface area contributed by atoms with Gasteiger partial charge in [-0.25, -0.2) is 0 Å². The van der Waals surface area contributed by atoms with Gasteiger partial charge in [0.05, 0.1) is 6.61 Å². The van der Waals surface area contributed by atoms with E-state index in [-0.39, 0.29) is 24.4 Å². The van der Waals surface area contributed by atoms with Crippen molar-refractivity contribution >= 4 is 0 Å². The van der Waals surface area contributed by atoms with Crippen LogP contribution in [0.3, 0.4) is 0 Å². The van der Waals surface area contributed by atoms with E-state index in [0.717, 1.165) is 12.8 Å². The summed E-state index contributed by atoms with van der Waals surface area (Å²) >= 11 is 0. The number of hydrogen-bond acceptors (Lipinski definition) is 6. The molecule has 0 aliphatic carbocycles. The first-order chi connectivity index (χ1) is 10.3. The molecule has 3 saturated heterocycles. The SMILES string of the molecule is CCCCO[C@H]1C(C2COC(C)(C)O2)O[C@@H]2OC(C)(C)O[C@@H]21. The zero-order chi connectivity index (χ0) is 16.0. The minimum Gasteiger partial charge on any atom is -0.372 e. The van der Waals surface area contributed by atoms with Crippen molar-refractivity contribution in [2.24, 2.45) is 0 Å². The minimum absolute atomic E-state index is 0.164. The highest BCUT2D eigenvalue weighted by Gasteiger charge is 2.58. The van der Waals surface area contributed by atoms with Crippen molar-refractivity contribution in [2.45, 2.75) is 89.7 Å². The maximum absolute atomic E-state index is 6.08. The lowest BCUT2D eigenvalue weighted by Gasteiger charge is -2.29. The monoisotopic (exact) mass is 316 g/mol. The second-order valence-corrected chi connectivity index (χ2v) is 7.13. The third kappa shape index (κ3) is 3.32. The van der Waals surface area contributed by atoms with Crippen LogP contribution < -0.4 is 0 Å². The van der Waals surface area contributed by atoms with E-state index in [9.17, 15) is 0 Å². The predicted molar refractivity (Wildman–Crippen MR) is 78.3 cm³/mol. The number of unbranched alkanes of at least 4 members (excludes halogenated alkanes) is 1. The Balaban J connectivity index is 1.69. The largest absolute Gasteiger partial charge is 0.372 e. The van der Waals surface area contributed by atoms with Crippen LogP contribution in [0.25, 0.3) is 0 Å². The average Bonchev–Trinajstić information content (AvgIpc) is 3.01. The predicted octanol–water partition coefficient (Wildman–Crippen LogP) is 2.20. The lowest BCUT2D eigenvalue weighted by Crippen LogP contribution is -2.44. The normalized spacial score (nSPS) is 42.7. The van der Waals surface area contributed by atoms with Gasteiger partial charge in [-0.05, 0) is 34.1 Å². The number of rotatable bonds is 5. The van der Waals surface area contributed by atoms with Crippen molar-refractivity contribution in [3.8, 4) is 0 Å². The summed E-state index contributed by atoms with van der Waals surface area (Å²) in [6.45, 7) is 10.9. The van der Waals surface area contributed by atoms with E-state index in [1.54, 1.807) is 0 Å². The van der Waals surface area contributed by atoms with E-state index in [0.29, 0.717) is 13.2 Å². The highest BCUT2D eigenvalue weighted by molar-refractivity contribution is 4.98. The Labute approximate surface area is 132 Å². The second kappa shape index (κ2) is 6.00. The number of fused-ring (bicyclic) bond motifs is 1. The summed E-state index contributed by atoms with van der Waals surface area (Å²) in [6.07, 6.45) is 0.889. The summed E-state index contributed by atoms with van der Waals surface area (Å²) in [5.74, 6) is -1.22. The fourth-order valence-corrected chi connectivity index (χ4v) is 3.23. The summed E-state index contributed by atoms with van der Waals surface area (Å²) in [6, 6.07) is 0. The van der Waals surface area contributed by atoms with Crippen molar-refractivity contribution in [2.75, 3.05) is 13.2 Å². The summed E-state index contributed by atoms with van der Waals surface area (Å²) in [5.41, 5.74) is 0. The van der Waals surface area contributed by atoms with Gasteiger partial charge in [0, 0.05) is 6.61 Å². The first-order valence-corrected chi connectivity index (χ1v) is 8.26. The quantitative estimate of drug-likeness (QED) is 0.725. The van der Waals surface area contributed by atoms with Crippen LogP contribution in [0.1, 0.15) is 47.5 Å². The molecule has 2 unspecified atom stereocenters. The van der Waals surface area contributed by atoms with Gasteiger partial charge >= 0.3 is 0 Å². The first-order valence-electron chi connectivity index (χ1n) is 8.26. The molecule has 0 radical (unpaired) electrons. The third-order valence-corrected chi connectivity index (χ3v) is 4.23. The summed E-state index contributed by atoms with van der Waals surface area (Å²) in [5, 5.41) is 0. The molecule has 0 aromatic carbocycles. The van der Waals surface area contributed by atoms with Crippen LogP contribution in [0.4, 0.5) is 0 Å². The van der Waals surface area contributed by atoms with Crippen molar-refractivity contribution in [1.29, 1.82) is 0 Å². The first kappa shape index (κ1) is 16.6. The maximum atomic E-state index is 6.08. The zero-order valence-corrected chi connectivity index (χ0v) is 14.2. The van der Waals surface area contributed by atoms with Crippen molar-refractivity contribution < 1.29 is 28.4 Å². The Morgan fingerprint density at radius 1 is 1.00 bits per heavy atom. The van der Waals surface area contributed by atoms with Crippen LogP contribution >= 0.6 is 0 Å². The highest BCUT2D eigenvalue weighted by Crippen LogP contribution is 2.41. The van der Waals surface area contributed by atoms with Gasteiger partial charge in [-0.1, -0.05) is 13.3 Å². The van der Waals surface area contributed by atoms with Crippen LogP contribution in [-0.2, 0) is 28.4 Å². The minimum atomic E-state index is -0.640. The summed E-state index contributed by atoms with van der Waals surface area (Å²) in [7, 11) is 0. The Bertz CT molecular complexity index is 396. The topological polar surface area (TPSA) is 55.4 Å². The molecule has 0 aromatic heterocycles.